The number of nitrogens with one attached hydrogen (secondary N) is 2. The minimum atomic E-state index is 0.170. The molecule has 0 saturated heterocycles. The zero-order chi connectivity index (χ0) is 27.3. The summed E-state index contributed by atoms with van der Waals surface area (Å²) in [7, 11) is 0. The number of anilines is 4. The van der Waals surface area contributed by atoms with Crippen LogP contribution in [-0.2, 0) is 0 Å². The van der Waals surface area contributed by atoms with Gasteiger partial charge in [-0.05, 0) is 72.4 Å². The average molecular weight is 627 g/mol. The molecular weight excluding hydrogens is 606 g/mol. The molecule has 3 N–H and O–H groups in total. The van der Waals surface area contributed by atoms with E-state index in [4.69, 9.17) is 4.98 Å². The Bertz CT molecular complexity index is 1750. The molecule has 0 aliphatic rings. The first-order valence-corrected chi connectivity index (χ1v) is 14.5. The van der Waals surface area contributed by atoms with Crippen molar-refractivity contribution in [3.63, 3.8) is 0 Å². The standard InChI is InChI=1S/C29H20BrN7OS2/c30-19-11-14-24(38)18(15-19)17-31-22-12-13-23-25(16-22)39-29(34-23)40-28-36-26(32-20-7-3-1-4-8-20)35-27(37-28)33-21-9-5-2-6-10-21/h1-17,38H,(H2,32,33,35,36,37). The summed E-state index contributed by atoms with van der Waals surface area (Å²) in [5.74, 6) is 1.02. The Labute approximate surface area is 246 Å². The number of rotatable bonds is 8. The number of aliphatic imine (C=N–C) groups is 1. The molecule has 0 spiro atoms. The highest BCUT2D eigenvalue weighted by Crippen LogP contribution is 2.35. The van der Waals surface area contributed by atoms with E-state index < -0.39 is 0 Å². The van der Waals surface area contributed by atoms with Gasteiger partial charge in [0.25, 0.3) is 0 Å². The normalized spacial score (nSPS) is 11.2. The number of para-hydroxylation sites is 2. The molecule has 2 heterocycles. The van der Waals surface area contributed by atoms with Crippen molar-refractivity contribution in [3.8, 4) is 5.75 Å². The third-order valence-corrected chi connectivity index (χ3v) is 7.99. The van der Waals surface area contributed by atoms with Crippen LogP contribution in [0, 0.1) is 0 Å². The molecule has 4 aromatic carbocycles. The van der Waals surface area contributed by atoms with Gasteiger partial charge in [-0.25, -0.2) is 4.98 Å². The Kier molecular flexibility index (Phi) is 7.67. The van der Waals surface area contributed by atoms with Crippen LogP contribution in [0.4, 0.5) is 29.0 Å². The number of hydrogen-bond donors (Lipinski definition) is 3. The van der Waals surface area contributed by atoms with Crippen LogP contribution >= 0.6 is 39.0 Å². The molecule has 0 amide bonds. The first-order valence-electron chi connectivity index (χ1n) is 12.1. The number of halogens is 1. The molecule has 11 heteroatoms. The van der Waals surface area contributed by atoms with Crippen molar-refractivity contribution in [1.29, 1.82) is 0 Å². The second-order valence-corrected chi connectivity index (χ2v) is 11.6. The van der Waals surface area contributed by atoms with Gasteiger partial charge in [-0.2, -0.15) is 15.0 Å². The molecule has 0 fully saturated rings. The van der Waals surface area contributed by atoms with Crippen molar-refractivity contribution in [1.82, 2.24) is 19.9 Å². The number of phenols is 1. The van der Waals surface area contributed by atoms with Crippen molar-refractivity contribution in [2.24, 2.45) is 4.99 Å². The third-order valence-electron chi connectivity index (χ3n) is 5.55. The van der Waals surface area contributed by atoms with E-state index in [0.29, 0.717) is 22.6 Å². The fourth-order valence-electron chi connectivity index (χ4n) is 3.68. The lowest BCUT2D eigenvalue weighted by atomic mass is 10.2. The monoisotopic (exact) mass is 625 g/mol. The Morgan fingerprint density at radius 1 is 0.775 bits per heavy atom. The zero-order valence-corrected chi connectivity index (χ0v) is 23.9. The molecule has 40 heavy (non-hydrogen) atoms. The molecule has 0 atom stereocenters. The summed E-state index contributed by atoms with van der Waals surface area (Å²) >= 11 is 6.33. The van der Waals surface area contributed by atoms with E-state index in [-0.39, 0.29) is 5.75 Å². The summed E-state index contributed by atoms with van der Waals surface area (Å²) in [6.07, 6.45) is 1.64. The predicted octanol–water partition coefficient (Wildman–Crippen LogP) is 8.34. The van der Waals surface area contributed by atoms with Crippen LogP contribution in [0.15, 0.2) is 116 Å². The molecule has 0 radical (unpaired) electrons. The number of phenolic OH excluding ortho intramolecular Hbond substituents is 1. The van der Waals surface area contributed by atoms with E-state index in [1.54, 1.807) is 18.3 Å². The van der Waals surface area contributed by atoms with Crippen molar-refractivity contribution in [3.05, 3.63) is 107 Å². The van der Waals surface area contributed by atoms with E-state index in [2.05, 4.69) is 46.5 Å². The molecular formula is C29H20BrN7OS2. The first kappa shape index (κ1) is 25.9. The van der Waals surface area contributed by atoms with E-state index in [9.17, 15) is 5.11 Å². The van der Waals surface area contributed by atoms with Gasteiger partial charge in [0.05, 0.1) is 15.9 Å². The first-order chi connectivity index (χ1) is 19.6. The molecule has 196 valence electrons. The minimum Gasteiger partial charge on any atom is -0.507 e. The Morgan fingerprint density at radius 2 is 1.45 bits per heavy atom. The molecule has 0 unspecified atom stereocenters. The molecule has 6 aromatic rings. The van der Waals surface area contributed by atoms with Gasteiger partial charge < -0.3 is 15.7 Å². The maximum atomic E-state index is 10.1. The van der Waals surface area contributed by atoms with Crippen molar-refractivity contribution in [2.45, 2.75) is 9.50 Å². The number of nitrogens with zero attached hydrogens (tertiary/aromatic N) is 5. The molecule has 6 rings (SSSR count). The third kappa shape index (κ3) is 6.45. The Hall–Kier alpha value is -4.32. The van der Waals surface area contributed by atoms with Gasteiger partial charge >= 0.3 is 0 Å². The van der Waals surface area contributed by atoms with Crippen LogP contribution in [-0.4, -0.2) is 31.3 Å². The van der Waals surface area contributed by atoms with Crippen LogP contribution in [0.3, 0.4) is 0 Å². The summed E-state index contributed by atoms with van der Waals surface area (Å²) in [4.78, 5) is 23.1. The maximum Gasteiger partial charge on any atom is 0.233 e. The second kappa shape index (κ2) is 11.8. The van der Waals surface area contributed by atoms with Gasteiger partial charge in [0.2, 0.25) is 17.1 Å². The Morgan fingerprint density at radius 3 is 2.12 bits per heavy atom. The number of aromatic nitrogens is 4. The van der Waals surface area contributed by atoms with Gasteiger partial charge in [-0.15, -0.1) is 11.3 Å². The maximum absolute atomic E-state index is 10.1. The smallest absolute Gasteiger partial charge is 0.233 e. The summed E-state index contributed by atoms with van der Waals surface area (Å²) in [6.45, 7) is 0. The lowest BCUT2D eigenvalue weighted by molar-refractivity contribution is 0.474. The van der Waals surface area contributed by atoms with Crippen molar-refractivity contribution < 1.29 is 5.11 Å². The lowest BCUT2D eigenvalue weighted by Crippen LogP contribution is -2.05. The van der Waals surface area contributed by atoms with Crippen LogP contribution < -0.4 is 10.6 Å². The van der Waals surface area contributed by atoms with Crippen molar-refractivity contribution in [2.75, 3.05) is 10.6 Å². The fourth-order valence-corrected chi connectivity index (χ4v) is 6.02. The molecule has 0 bridgehead atoms. The van der Waals surface area contributed by atoms with Crippen molar-refractivity contribution >= 4 is 84.4 Å². The largest absolute Gasteiger partial charge is 0.507 e. The molecule has 8 nitrogen and oxygen atoms in total. The van der Waals surface area contributed by atoms with Gasteiger partial charge in [0.1, 0.15) is 5.75 Å². The highest BCUT2D eigenvalue weighted by molar-refractivity contribution is 9.10. The molecule has 0 aliphatic heterocycles. The van der Waals surface area contributed by atoms with Gasteiger partial charge in [0, 0.05) is 27.6 Å². The van der Waals surface area contributed by atoms with E-state index in [1.807, 2.05) is 84.9 Å². The van der Waals surface area contributed by atoms with Gasteiger partial charge in [-0.3, -0.25) is 4.99 Å². The van der Waals surface area contributed by atoms with Crippen LogP contribution in [0.25, 0.3) is 10.2 Å². The van der Waals surface area contributed by atoms with Crippen LogP contribution in [0.5, 0.6) is 5.75 Å². The molecule has 0 saturated carbocycles. The van der Waals surface area contributed by atoms with Crippen LogP contribution in [0.2, 0.25) is 0 Å². The van der Waals surface area contributed by atoms with E-state index in [1.165, 1.54) is 23.1 Å². The number of aromatic hydroxyl groups is 1. The summed E-state index contributed by atoms with van der Waals surface area (Å²) in [5, 5.41) is 17.1. The SMILES string of the molecule is Oc1ccc(Br)cc1C=Nc1ccc2nc(Sc3nc(Nc4ccccc4)nc(Nc4ccccc4)n3)sc2c1. The van der Waals surface area contributed by atoms with Gasteiger partial charge in [0.15, 0.2) is 4.34 Å². The lowest BCUT2D eigenvalue weighted by Gasteiger charge is -2.09. The highest BCUT2D eigenvalue weighted by Gasteiger charge is 2.13. The summed E-state index contributed by atoms with van der Waals surface area (Å²) in [5.41, 5.74) is 4.00. The number of fused-ring (bicyclic) bond motifs is 1. The number of benzene rings is 4. The minimum absolute atomic E-state index is 0.170. The Balaban J connectivity index is 1.26. The molecule has 0 aliphatic carbocycles. The predicted molar refractivity (Wildman–Crippen MR) is 166 cm³/mol. The van der Waals surface area contributed by atoms with E-state index >= 15 is 0 Å². The van der Waals surface area contributed by atoms with E-state index in [0.717, 1.165) is 36.1 Å². The zero-order valence-electron chi connectivity index (χ0n) is 20.7. The van der Waals surface area contributed by atoms with Gasteiger partial charge in [-0.1, -0.05) is 52.3 Å². The highest BCUT2D eigenvalue weighted by atomic mass is 79.9. The number of hydrogen-bond acceptors (Lipinski definition) is 10. The summed E-state index contributed by atoms with van der Waals surface area (Å²) in [6, 6.07) is 30.5. The number of thiazole rings is 1. The molecule has 2 aromatic heterocycles. The quantitative estimate of drug-likeness (QED) is 0.145. The average Bonchev–Trinajstić information content (AvgIpc) is 3.36. The summed E-state index contributed by atoms with van der Waals surface area (Å²) < 4.78 is 2.65. The van der Waals surface area contributed by atoms with Crippen LogP contribution in [0.1, 0.15) is 5.56 Å². The topological polar surface area (TPSA) is 108 Å². The fraction of sp³-hybridized carbons (Fsp3) is 0. The second-order valence-electron chi connectivity index (χ2n) is 8.44.